The number of benzene rings is 1. The molecule has 116 valence electrons. The minimum Gasteiger partial charge on any atom is -0.388 e. The van der Waals surface area contributed by atoms with Crippen LogP contribution in [-0.2, 0) is 4.74 Å². The van der Waals surface area contributed by atoms with Gasteiger partial charge in [0.25, 0.3) is 0 Å². The number of nitrogens with zero attached hydrogens (tertiary/aromatic N) is 2. The van der Waals surface area contributed by atoms with E-state index in [1.165, 1.54) is 0 Å². The van der Waals surface area contributed by atoms with Crippen LogP contribution < -0.4 is 4.90 Å². The van der Waals surface area contributed by atoms with Gasteiger partial charge in [-0.3, -0.25) is 4.99 Å². The van der Waals surface area contributed by atoms with E-state index in [-0.39, 0.29) is 5.60 Å². The number of rotatable bonds is 4. The lowest BCUT2D eigenvalue weighted by molar-refractivity contribution is -0.139. The molecule has 21 heavy (non-hydrogen) atoms. The van der Waals surface area contributed by atoms with Gasteiger partial charge in [-0.1, -0.05) is 12.1 Å². The average Bonchev–Trinajstić information content (AvgIpc) is 2.37. The standard InChI is InChI=1S/C17H26N2O2/c1-16(2)12-17(20,9-10-21-16)13-18-11-14-5-7-15(8-6-14)19(3)4/h5-8,11,20H,9-10,12-13H2,1-4H3/t17-/m1/s1. The van der Waals surface area contributed by atoms with Crippen LogP contribution in [0.2, 0.25) is 0 Å². The molecule has 0 spiro atoms. The summed E-state index contributed by atoms with van der Waals surface area (Å²) < 4.78 is 5.64. The predicted molar refractivity (Wildman–Crippen MR) is 87.4 cm³/mol. The Morgan fingerprint density at radius 2 is 1.95 bits per heavy atom. The smallest absolute Gasteiger partial charge is 0.0891 e. The minimum atomic E-state index is -0.748. The summed E-state index contributed by atoms with van der Waals surface area (Å²) in [7, 11) is 4.04. The zero-order chi connectivity index (χ0) is 15.5. The Balaban J connectivity index is 1.95. The fourth-order valence-corrected chi connectivity index (χ4v) is 2.76. The van der Waals surface area contributed by atoms with E-state index in [4.69, 9.17) is 4.74 Å². The molecule has 0 saturated carbocycles. The second kappa shape index (κ2) is 6.16. The number of hydrogen-bond acceptors (Lipinski definition) is 4. The quantitative estimate of drug-likeness (QED) is 0.867. The van der Waals surface area contributed by atoms with Crippen LogP contribution in [0.4, 0.5) is 5.69 Å². The van der Waals surface area contributed by atoms with Crippen molar-refractivity contribution in [2.45, 2.75) is 37.9 Å². The van der Waals surface area contributed by atoms with E-state index in [2.05, 4.69) is 22.0 Å². The van der Waals surface area contributed by atoms with Crippen molar-refractivity contribution < 1.29 is 9.84 Å². The van der Waals surface area contributed by atoms with Crippen molar-refractivity contribution in [3.63, 3.8) is 0 Å². The highest BCUT2D eigenvalue weighted by Crippen LogP contribution is 2.32. The van der Waals surface area contributed by atoms with Gasteiger partial charge in [0.15, 0.2) is 0 Å². The first kappa shape index (κ1) is 16.0. The first-order valence-electron chi connectivity index (χ1n) is 7.43. The SMILES string of the molecule is CN(C)c1ccc(C=NC[C@@]2(O)CCOC(C)(C)C2)cc1. The molecule has 1 aromatic rings. The molecular formula is C17H26N2O2. The van der Waals surface area contributed by atoms with Gasteiger partial charge in [-0.25, -0.2) is 0 Å². The van der Waals surface area contributed by atoms with Crippen molar-refractivity contribution in [3.8, 4) is 0 Å². The van der Waals surface area contributed by atoms with Crippen molar-refractivity contribution in [2.75, 3.05) is 32.1 Å². The molecule has 1 atom stereocenters. The highest BCUT2D eigenvalue weighted by Gasteiger charge is 2.38. The lowest BCUT2D eigenvalue weighted by atomic mass is 9.84. The number of ether oxygens (including phenoxy) is 1. The number of aliphatic hydroxyl groups is 1. The van der Waals surface area contributed by atoms with Gasteiger partial charge in [-0.15, -0.1) is 0 Å². The van der Waals surface area contributed by atoms with Crippen LogP contribution in [0.3, 0.4) is 0 Å². The summed E-state index contributed by atoms with van der Waals surface area (Å²) in [5.41, 5.74) is 1.20. The zero-order valence-corrected chi connectivity index (χ0v) is 13.5. The molecule has 1 heterocycles. The molecule has 1 aliphatic rings. The molecule has 1 aromatic carbocycles. The van der Waals surface area contributed by atoms with Crippen molar-refractivity contribution in [1.82, 2.24) is 0 Å². The van der Waals surface area contributed by atoms with E-state index in [0.29, 0.717) is 26.0 Å². The van der Waals surface area contributed by atoms with E-state index in [9.17, 15) is 5.11 Å². The van der Waals surface area contributed by atoms with Gasteiger partial charge in [-0.2, -0.15) is 0 Å². The summed E-state index contributed by atoms with van der Waals surface area (Å²) >= 11 is 0. The molecule has 1 saturated heterocycles. The molecule has 0 bridgehead atoms. The van der Waals surface area contributed by atoms with Gasteiger partial charge in [0.05, 0.1) is 24.4 Å². The molecule has 1 fully saturated rings. The largest absolute Gasteiger partial charge is 0.388 e. The van der Waals surface area contributed by atoms with Crippen LogP contribution in [0, 0.1) is 0 Å². The Labute approximate surface area is 127 Å². The average molecular weight is 290 g/mol. The molecular weight excluding hydrogens is 264 g/mol. The molecule has 0 aromatic heterocycles. The second-order valence-electron chi connectivity index (χ2n) is 6.72. The number of hydrogen-bond donors (Lipinski definition) is 1. The lowest BCUT2D eigenvalue weighted by Gasteiger charge is -2.40. The Bertz CT molecular complexity index is 494. The fourth-order valence-electron chi connectivity index (χ4n) is 2.76. The molecule has 0 aliphatic carbocycles. The third kappa shape index (κ3) is 4.55. The van der Waals surface area contributed by atoms with Crippen LogP contribution >= 0.6 is 0 Å². The van der Waals surface area contributed by atoms with Crippen LogP contribution in [-0.4, -0.2) is 49.8 Å². The molecule has 4 nitrogen and oxygen atoms in total. The second-order valence-corrected chi connectivity index (χ2v) is 6.72. The molecule has 1 N–H and O–H groups in total. The van der Waals surface area contributed by atoms with Crippen molar-refractivity contribution >= 4 is 11.9 Å². The molecule has 2 rings (SSSR count). The van der Waals surface area contributed by atoms with Crippen LogP contribution in [0.1, 0.15) is 32.3 Å². The van der Waals surface area contributed by atoms with Gasteiger partial charge >= 0.3 is 0 Å². The fraction of sp³-hybridized carbons (Fsp3) is 0.588. The van der Waals surface area contributed by atoms with Crippen molar-refractivity contribution in [1.29, 1.82) is 0 Å². The summed E-state index contributed by atoms with van der Waals surface area (Å²) in [5, 5.41) is 10.6. The third-order valence-corrected chi connectivity index (χ3v) is 3.85. The highest BCUT2D eigenvalue weighted by molar-refractivity contribution is 5.80. The molecule has 0 radical (unpaired) electrons. The van der Waals surface area contributed by atoms with Gasteiger partial charge < -0.3 is 14.7 Å². The third-order valence-electron chi connectivity index (χ3n) is 3.85. The monoisotopic (exact) mass is 290 g/mol. The van der Waals surface area contributed by atoms with Gasteiger partial charge in [-0.05, 0) is 31.5 Å². The van der Waals surface area contributed by atoms with Crippen LogP contribution in [0.25, 0.3) is 0 Å². The molecule has 0 amide bonds. The lowest BCUT2D eigenvalue weighted by Crippen LogP contribution is -2.47. The summed E-state index contributed by atoms with van der Waals surface area (Å²) in [4.78, 5) is 6.50. The Morgan fingerprint density at radius 3 is 2.52 bits per heavy atom. The molecule has 1 aliphatic heterocycles. The Kier molecular flexibility index (Phi) is 4.69. The number of aliphatic imine (C=N–C) groups is 1. The topological polar surface area (TPSA) is 45.1 Å². The number of anilines is 1. The van der Waals surface area contributed by atoms with Gasteiger partial charge in [0, 0.05) is 38.8 Å². The Hall–Kier alpha value is -1.39. The summed E-state index contributed by atoms with van der Waals surface area (Å²) in [6.45, 7) is 5.05. The summed E-state index contributed by atoms with van der Waals surface area (Å²) in [5.74, 6) is 0. The van der Waals surface area contributed by atoms with Gasteiger partial charge in [0.1, 0.15) is 0 Å². The van der Waals surface area contributed by atoms with E-state index in [1.807, 2.05) is 46.3 Å². The first-order valence-corrected chi connectivity index (χ1v) is 7.43. The van der Waals surface area contributed by atoms with Crippen LogP contribution in [0.5, 0.6) is 0 Å². The van der Waals surface area contributed by atoms with Crippen molar-refractivity contribution in [3.05, 3.63) is 29.8 Å². The Morgan fingerprint density at radius 1 is 1.29 bits per heavy atom. The summed E-state index contributed by atoms with van der Waals surface area (Å²) in [6, 6.07) is 8.20. The molecule has 4 heteroatoms. The van der Waals surface area contributed by atoms with E-state index in [1.54, 1.807) is 0 Å². The van der Waals surface area contributed by atoms with Gasteiger partial charge in [0.2, 0.25) is 0 Å². The maximum absolute atomic E-state index is 10.6. The maximum atomic E-state index is 10.6. The minimum absolute atomic E-state index is 0.268. The predicted octanol–water partition coefficient (Wildman–Crippen LogP) is 2.49. The van der Waals surface area contributed by atoms with E-state index >= 15 is 0 Å². The normalized spacial score (nSPS) is 25.2. The highest BCUT2D eigenvalue weighted by atomic mass is 16.5. The maximum Gasteiger partial charge on any atom is 0.0891 e. The van der Waals surface area contributed by atoms with Crippen LogP contribution in [0.15, 0.2) is 29.3 Å². The first-order chi connectivity index (χ1) is 9.80. The van der Waals surface area contributed by atoms with E-state index < -0.39 is 5.60 Å². The van der Waals surface area contributed by atoms with Crippen molar-refractivity contribution in [2.24, 2.45) is 4.99 Å². The van der Waals surface area contributed by atoms with E-state index in [0.717, 1.165) is 11.3 Å². The zero-order valence-electron chi connectivity index (χ0n) is 13.5. The molecule has 0 unspecified atom stereocenters. The summed E-state index contributed by atoms with van der Waals surface area (Å²) in [6.07, 6.45) is 3.10.